The lowest BCUT2D eigenvalue weighted by Crippen LogP contribution is -2.19. The molecule has 2 amide bonds. The molecule has 2 aromatic rings. The Balaban J connectivity index is 2.12. The van der Waals surface area contributed by atoms with Gasteiger partial charge in [-0.25, -0.2) is 4.98 Å². The first-order valence-corrected chi connectivity index (χ1v) is 7.54. The fourth-order valence-electron chi connectivity index (χ4n) is 1.81. The molecule has 0 aliphatic rings. The standard InChI is InChI=1S/C15H17N3O2S/c1-10(2)9-13(19)17-12-6-4-3-5-11(12)14(20)18-15-16-7-8-21-15/h3-8,10H,9H2,1-2H3,(H,17,19)(H,16,18,20). The van der Waals surface area contributed by atoms with Gasteiger partial charge in [-0.3, -0.25) is 14.9 Å². The van der Waals surface area contributed by atoms with Crippen molar-refractivity contribution < 1.29 is 9.59 Å². The van der Waals surface area contributed by atoms with Crippen molar-refractivity contribution in [1.29, 1.82) is 0 Å². The van der Waals surface area contributed by atoms with E-state index >= 15 is 0 Å². The van der Waals surface area contributed by atoms with Crippen molar-refractivity contribution in [2.45, 2.75) is 20.3 Å². The van der Waals surface area contributed by atoms with Crippen molar-refractivity contribution in [2.24, 2.45) is 5.92 Å². The number of hydrogen-bond acceptors (Lipinski definition) is 4. The molecule has 0 aliphatic heterocycles. The summed E-state index contributed by atoms with van der Waals surface area (Å²) in [5.74, 6) is -0.119. The zero-order valence-electron chi connectivity index (χ0n) is 11.9. The smallest absolute Gasteiger partial charge is 0.259 e. The number of carbonyl (C=O) groups excluding carboxylic acids is 2. The number of nitrogens with zero attached hydrogens (tertiary/aromatic N) is 1. The Morgan fingerprint density at radius 2 is 2.00 bits per heavy atom. The third kappa shape index (κ3) is 4.39. The van der Waals surface area contributed by atoms with E-state index < -0.39 is 0 Å². The normalized spacial score (nSPS) is 10.4. The molecule has 0 saturated heterocycles. The third-order valence-electron chi connectivity index (χ3n) is 2.69. The second-order valence-corrected chi connectivity index (χ2v) is 5.88. The number of para-hydroxylation sites is 1. The van der Waals surface area contributed by atoms with Gasteiger partial charge < -0.3 is 5.32 Å². The minimum Gasteiger partial charge on any atom is -0.325 e. The molecule has 1 aromatic heterocycles. The topological polar surface area (TPSA) is 71.1 Å². The number of anilines is 2. The molecular weight excluding hydrogens is 286 g/mol. The number of carbonyl (C=O) groups is 2. The predicted molar refractivity (Wildman–Crippen MR) is 84.6 cm³/mol. The molecule has 0 unspecified atom stereocenters. The van der Waals surface area contributed by atoms with E-state index in [4.69, 9.17) is 0 Å². The Hall–Kier alpha value is -2.21. The molecule has 0 fully saturated rings. The Labute approximate surface area is 127 Å². The summed E-state index contributed by atoms with van der Waals surface area (Å²) < 4.78 is 0. The van der Waals surface area contributed by atoms with Crippen LogP contribution in [0.5, 0.6) is 0 Å². The van der Waals surface area contributed by atoms with E-state index in [1.54, 1.807) is 35.8 Å². The van der Waals surface area contributed by atoms with Crippen molar-refractivity contribution in [2.75, 3.05) is 10.6 Å². The Morgan fingerprint density at radius 3 is 2.67 bits per heavy atom. The summed E-state index contributed by atoms with van der Waals surface area (Å²) in [6.45, 7) is 3.95. The molecule has 0 atom stereocenters. The van der Waals surface area contributed by atoms with Crippen LogP contribution in [0, 0.1) is 5.92 Å². The van der Waals surface area contributed by atoms with Crippen LogP contribution < -0.4 is 10.6 Å². The highest BCUT2D eigenvalue weighted by Gasteiger charge is 2.14. The molecule has 2 N–H and O–H groups in total. The van der Waals surface area contributed by atoms with E-state index in [9.17, 15) is 9.59 Å². The third-order valence-corrected chi connectivity index (χ3v) is 3.38. The van der Waals surface area contributed by atoms with Crippen molar-refractivity contribution in [1.82, 2.24) is 4.98 Å². The van der Waals surface area contributed by atoms with Gasteiger partial charge in [-0.15, -0.1) is 11.3 Å². The number of rotatable bonds is 5. The quantitative estimate of drug-likeness (QED) is 0.889. The highest BCUT2D eigenvalue weighted by atomic mass is 32.1. The van der Waals surface area contributed by atoms with E-state index in [1.165, 1.54) is 11.3 Å². The molecular formula is C15H17N3O2S. The van der Waals surface area contributed by atoms with E-state index in [0.29, 0.717) is 22.8 Å². The SMILES string of the molecule is CC(C)CC(=O)Nc1ccccc1C(=O)Nc1nccs1. The highest BCUT2D eigenvalue weighted by Crippen LogP contribution is 2.19. The van der Waals surface area contributed by atoms with Gasteiger partial charge in [0, 0.05) is 18.0 Å². The zero-order valence-corrected chi connectivity index (χ0v) is 12.7. The lowest BCUT2D eigenvalue weighted by atomic mass is 10.1. The first kappa shape index (κ1) is 15.2. The average molecular weight is 303 g/mol. The molecule has 5 nitrogen and oxygen atoms in total. The average Bonchev–Trinajstić information content (AvgIpc) is 2.91. The van der Waals surface area contributed by atoms with Crippen LogP contribution in [-0.2, 0) is 4.79 Å². The number of thiazole rings is 1. The Kier molecular flexibility index (Phi) is 5.05. The number of amides is 2. The molecule has 0 radical (unpaired) electrons. The summed E-state index contributed by atoms with van der Waals surface area (Å²) in [6, 6.07) is 6.93. The van der Waals surface area contributed by atoms with Crippen molar-refractivity contribution in [3.8, 4) is 0 Å². The monoisotopic (exact) mass is 303 g/mol. The molecule has 0 aliphatic carbocycles. The lowest BCUT2D eigenvalue weighted by Gasteiger charge is -2.11. The molecule has 1 aromatic carbocycles. The van der Waals surface area contributed by atoms with E-state index in [-0.39, 0.29) is 17.7 Å². The molecule has 110 valence electrons. The molecule has 21 heavy (non-hydrogen) atoms. The number of benzene rings is 1. The van der Waals surface area contributed by atoms with Crippen LogP contribution in [0.4, 0.5) is 10.8 Å². The molecule has 1 heterocycles. The van der Waals surface area contributed by atoms with Gasteiger partial charge in [-0.05, 0) is 18.1 Å². The molecule has 0 bridgehead atoms. The largest absolute Gasteiger partial charge is 0.325 e. The summed E-state index contributed by atoms with van der Waals surface area (Å²) in [5.41, 5.74) is 0.932. The van der Waals surface area contributed by atoms with Gasteiger partial charge in [0.05, 0.1) is 11.3 Å². The maximum Gasteiger partial charge on any atom is 0.259 e. The minimum atomic E-state index is -0.287. The van der Waals surface area contributed by atoms with Gasteiger partial charge in [0.15, 0.2) is 5.13 Å². The molecule has 0 saturated carbocycles. The van der Waals surface area contributed by atoms with Crippen LogP contribution in [0.15, 0.2) is 35.8 Å². The summed E-state index contributed by atoms with van der Waals surface area (Å²) in [4.78, 5) is 28.1. The van der Waals surface area contributed by atoms with Crippen LogP contribution in [-0.4, -0.2) is 16.8 Å². The van der Waals surface area contributed by atoms with Gasteiger partial charge >= 0.3 is 0 Å². The van der Waals surface area contributed by atoms with E-state index in [1.807, 2.05) is 13.8 Å². The fourth-order valence-corrected chi connectivity index (χ4v) is 2.34. The summed E-state index contributed by atoms with van der Waals surface area (Å²) in [7, 11) is 0. The number of hydrogen-bond donors (Lipinski definition) is 2. The first-order chi connectivity index (χ1) is 10.1. The Morgan fingerprint density at radius 1 is 1.24 bits per heavy atom. The van der Waals surface area contributed by atoms with Crippen molar-refractivity contribution in [3.63, 3.8) is 0 Å². The number of nitrogens with one attached hydrogen (secondary N) is 2. The fraction of sp³-hybridized carbons (Fsp3) is 0.267. The van der Waals surface area contributed by atoms with Crippen LogP contribution in [0.2, 0.25) is 0 Å². The summed E-state index contributed by atoms with van der Waals surface area (Å²) in [6.07, 6.45) is 2.04. The Bertz CT molecular complexity index is 624. The van der Waals surface area contributed by atoms with E-state index in [0.717, 1.165) is 0 Å². The van der Waals surface area contributed by atoms with Gasteiger partial charge in [0.1, 0.15) is 0 Å². The number of aromatic nitrogens is 1. The zero-order chi connectivity index (χ0) is 15.2. The lowest BCUT2D eigenvalue weighted by molar-refractivity contribution is -0.116. The molecule has 0 spiro atoms. The minimum absolute atomic E-state index is 0.0977. The van der Waals surface area contributed by atoms with Crippen LogP contribution in [0.25, 0.3) is 0 Å². The van der Waals surface area contributed by atoms with Crippen molar-refractivity contribution >= 4 is 34.0 Å². The summed E-state index contributed by atoms with van der Waals surface area (Å²) in [5, 5.41) is 7.81. The van der Waals surface area contributed by atoms with Gasteiger partial charge in [-0.1, -0.05) is 26.0 Å². The molecule has 2 rings (SSSR count). The van der Waals surface area contributed by atoms with Gasteiger partial charge in [0.2, 0.25) is 5.91 Å². The van der Waals surface area contributed by atoms with Gasteiger partial charge in [-0.2, -0.15) is 0 Å². The summed E-state index contributed by atoms with van der Waals surface area (Å²) >= 11 is 1.34. The second-order valence-electron chi connectivity index (χ2n) is 4.98. The van der Waals surface area contributed by atoms with E-state index in [2.05, 4.69) is 15.6 Å². The van der Waals surface area contributed by atoms with Crippen LogP contribution in [0.1, 0.15) is 30.6 Å². The predicted octanol–water partition coefficient (Wildman–Crippen LogP) is 3.38. The molecule has 6 heteroatoms. The van der Waals surface area contributed by atoms with Crippen LogP contribution in [0.3, 0.4) is 0 Å². The maximum atomic E-state index is 12.2. The second kappa shape index (κ2) is 6.99. The van der Waals surface area contributed by atoms with Crippen molar-refractivity contribution in [3.05, 3.63) is 41.4 Å². The highest BCUT2D eigenvalue weighted by molar-refractivity contribution is 7.13. The maximum absolute atomic E-state index is 12.2. The van der Waals surface area contributed by atoms with Crippen LogP contribution >= 0.6 is 11.3 Å². The van der Waals surface area contributed by atoms with Gasteiger partial charge in [0.25, 0.3) is 5.91 Å². The first-order valence-electron chi connectivity index (χ1n) is 6.66.